The first-order valence-electron chi connectivity index (χ1n) is 10.0. The van der Waals surface area contributed by atoms with Gasteiger partial charge in [0.05, 0.1) is 29.5 Å². The number of carbonyl (C=O) groups is 1. The van der Waals surface area contributed by atoms with Gasteiger partial charge in [-0.05, 0) is 24.1 Å². The minimum atomic E-state index is -3.10. The lowest BCUT2D eigenvalue weighted by molar-refractivity contribution is 0.140. The SMILES string of the molecule is COCCN(C(=O)Nc1ccccc1N(C)Cc1ccccc1)C1CCS(=O)(=O)C1. The summed E-state index contributed by atoms with van der Waals surface area (Å²) in [6.07, 6.45) is 0.453. The topological polar surface area (TPSA) is 79.0 Å². The first kappa shape index (κ1) is 22.1. The minimum Gasteiger partial charge on any atom is -0.383 e. The van der Waals surface area contributed by atoms with E-state index in [1.807, 2.05) is 49.5 Å². The molecule has 2 aromatic rings. The largest absolute Gasteiger partial charge is 0.383 e. The van der Waals surface area contributed by atoms with Crippen LogP contribution in [0.2, 0.25) is 0 Å². The van der Waals surface area contributed by atoms with Gasteiger partial charge in [-0.1, -0.05) is 42.5 Å². The summed E-state index contributed by atoms with van der Waals surface area (Å²) in [5.74, 6) is 0.116. The molecule has 0 aromatic heterocycles. The number of para-hydroxylation sites is 2. The lowest BCUT2D eigenvalue weighted by Crippen LogP contribution is -2.45. The zero-order valence-electron chi connectivity index (χ0n) is 17.5. The molecule has 1 N–H and O–H groups in total. The van der Waals surface area contributed by atoms with Crippen LogP contribution in [0.4, 0.5) is 16.2 Å². The molecule has 0 bridgehead atoms. The first-order chi connectivity index (χ1) is 14.4. The summed E-state index contributed by atoms with van der Waals surface area (Å²) in [5, 5.41) is 2.99. The molecular weight excluding hydrogens is 402 g/mol. The summed E-state index contributed by atoms with van der Waals surface area (Å²) in [6, 6.07) is 17.1. The third kappa shape index (κ3) is 5.73. The number of sulfone groups is 1. The van der Waals surface area contributed by atoms with Crippen molar-refractivity contribution < 1.29 is 17.9 Å². The quantitative estimate of drug-likeness (QED) is 0.695. The Morgan fingerprint density at radius 3 is 2.50 bits per heavy atom. The van der Waals surface area contributed by atoms with Crippen molar-refractivity contribution in [2.24, 2.45) is 0 Å². The summed E-state index contributed by atoms with van der Waals surface area (Å²) in [5.41, 5.74) is 2.74. The van der Waals surface area contributed by atoms with Gasteiger partial charge in [-0.25, -0.2) is 13.2 Å². The Balaban J connectivity index is 1.76. The van der Waals surface area contributed by atoms with Crippen LogP contribution in [0.3, 0.4) is 0 Å². The Hall–Kier alpha value is -2.58. The molecule has 1 unspecified atom stereocenters. The molecule has 162 valence electrons. The van der Waals surface area contributed by atoms with Gasteiger partial charge in [0.1, 0.15) is 0 Å². The van der Waals surface area contributed by atoms with Crippen molar-refractivity contribution in [1.29, 1.82) is 0 Å². The second-order valence-corrected chi connectivity index (χ2v) is 9.76. The fraction of sp³-hybridized carbons (Fsp3) is 0.409. The number of nitrogens with one attached hydrogen (secondary N) is 1. The molecule has 0 spiro atoms. The van der Waals surface area contributed by atoms with Crippen LogP contribution in [-0.2, 0) is 21.1 Å². The molecule has 2 amide bonds. The van der Waals surface area contributed by atoms with Crippen LogP contribution in [0, 0.1) is 0 Å². The maximum atomic E-state index is 13.1. The molecule has 0 radical (unpaired) electrons. The number of anilines is 2. The van der Waals surface area contributed by atoms with Gasteiger partial charge in [0.25, 0.3) is 0 Å². The summed E-state index contributed by atoms with van der Waals surface area (Å²) in [6.45, 7) is 1.38. The number of methoxy groups -OCH3 is 1. The molecule has 1 aliphatic heterocycles. The maximum absolute atomic E-state index is 13.1. The Kier molecular flexibility index (Phi) is 7.33. The molecule has 1 aliphatic rings. The lowest BCUT2D eigenvalue weighted by atomic mass is 10.2. The minimum absolute atomic E-state index is 0.000306. The summed E-state index contributed by atoms with van der Waals surface area (Å²) in [4.78, 5) is 16.8. The molecular formula is C22H29N3O4S. The van der Waals surface area contributed by atoms with Crippen molar-refractivity contribution in [1.82, 2.24) is 4.90 Å². The highest BCUT2D eigenvalue weighted by atomic mass is 32.2. The summed E-state index contributed by atoms with van der Waals surface area (Å²) >= 11 is 0. The van der Waals surface area contributed by atoms with E-state index >= 15 is 0 Å². The molecule has 30 heavy (non-hydrogen) atoms. The molecule has 0 aliphatic carbocycles. The van der Waals surface area contributed by atoms with Crippen LogP contribution in [-0.4, -0.2) is 64.2 Å². The van der Waals surface area contributed by atoms with Crippen molar-refractivity contribution in [3.63, 3.8) is 0 Å². The number of hydrogen-bond acceptors (Lipinski definition) is 5. The van der Waals surface area contributed by atoms with E-state index in [-0.39, 0.29) is 23.6 Å². The van der Waals surface area contributed by atoms with Gasteiger partial charge in [0.15, 0.2) is 9.84 Å². The van der Waals surface area contributed by atoms with Gasteiger partial charge in [-0.3, -0.25) is 0 Å². The molecule has 3 rings (SSSR count). The Bertz CT molecular complexity index is 950. The van der Waals surface area contributed by atoms with E-state index in [2.05, 4.69) is 22.3 Å². The van der Waals surface area contributed by atoms with Crippen molar-refractivity contribution >= 4 is 27.2 Å². The van der Waals surface area contributed by atoms with Crippen molar-refractivity contribution in [2.75, 3.05) is 49.0 Å². The standard InChI is InChI=1S/C22H29N3O4S/c1-24(16-18-8-4-3-5-9-18)21-11-7-6-10-20(21)23-22(26)25(13-14-29-2)19-12-15-30(27,28)17-19/h3-11,19H,12-17H2,1-2H3,(H,23,26). The average molecular weight is 432 g/mol. The molecule has 0 saturated carbocycles. The van der Waals surface area contributed by atoms with Crippen LogP contribution in [0.5, 0.6) is 0 Å². The number of ether oxygens (including phenoxy) is 1. The molecule has 1 fully saturated rings. The average Bonchev–Trinajstić information content (AvgIpc) is 3.09. The van der Waals surface area contributed by atoms with Gasteiger partial charge in [-0.15, -0.1) is 0 Å². The predicted molar refractivity (Wildman–Crippen MR) is 120 cm³/mol. The van der Waals surface area contributed by atoms with Crippen molar-refractivity contribution in [2.45, 2.75) is 19.0 Å². The van der Waals surface area contributed by atoms with E-state index in [1.54, 1.807) is 12.0 Å². The van der Waals surface area contributed by atoms with Crippen LogP contribution in [0.25, 0.3) is 0 Å². The van der Waals surface area contributed by atoms with E-state index < -0.39 is 9.84 Å². The zero-order valence-corrected chi connectivity index (χ0v) is 18.3. The van der Waals surface area contributed by atoms with Crippen LogP contribution in [0.1, 0.15) is 12.0 Å². The molecule has 1 saturated heterocycles. The number of amides is 2. The fourth-order valence-corrected chi connectivity index (χ4v) is 5.43. The van der Waals surface area contributed by atoms with E-state index in [1.165, 1.54) is 5.56 Å². The normalized spacial score (nSPS) is 17.5. The number of benzene rings is 2. The second-order valence-electron chi connectivity index (χ2n) is 7.53. The monoisotopic (exact) mass is 431 g/mol. The summed E-state index contributed by atoms with van der Waals surface area (Å²) < 4.78 is 29.0. The Morgan fingerprint density at radius 1 is 1.13 bits per heavy atom. The van der Waals surface area contributed by atoms with Crippen LogP contribution >= 0.6 is 0 Å². The summed E-state index contributed by atoms with van der Waals surface area (Å²) in [7, 11) is 0.442. The number of hydrogen-bond donors (Lipinski definition) is 1. The van der Waals surface area contributed by atoms with Gasteiger partial charge in [-0.2, -0.15) is 0 Å². The van der Waals surface area contributed by atoms with Crippen LogP contribution < -0.4 is 10.2 Å². The number of rotatable bonds is 8. The number of urea groups is 1. The Labute approximate surface area is 178 Å². The highest BCUT2D eigenvalue weighted by Crippen LogP contribution is 2.27. The predicted octanol–water partition coefficient (Wildman–Crippen LogP) is 2.99. The third-order valence-electron chi connectivity index (χ3n) is 5.27. The smallest absolute Gasteiger partial charge is 0.322 e. The molecule has 1 atom stereocenters. The van der Waals surface area contributed by atoms with Crippen molar-refractivity contribution in [3.8, 4) is 0 Å². The molecule has 1 heterocycles. The van der Waals surface area contributed by atoms with Gasteiger partial charge in [0, 0.05) is 33.3 Å². The van der Waals surface area contributed by atoms with E-state index in [0.717, 1.165) is 5.69 Å². The highest BCUT2D eigenvalue weighted by Gasteiger charge is 2.34. The first-order valence-corrected chi connectivity index (χ1v) is 11.8. The van der Waals surface area contributed by atoms with Gasteiger partial charge < -0.3 is 19.9 Å². The maximum Gasteiger partial charge on any atom is 0.322 e. The fourth-order valence-electron chi connectivity index (χ4n) is 3.70. The van der Waals surface area contributed by atoms with E-state index in [0.29, 0.717) is 31.8 Å². The highest BCUT2D eigenvalue weighted by molar-refractivity contribution is 7.91. The number of nitrogens with zero attached hydrogens (tertiary/aromatic N) is 2. The molecule has 2 aromatic carbocycles. The number of carbonyl (C=O) groups excluding carboxylic acids is 1. The zero-order chi connectivity index (χ0) is 21.6. The van der Waals surface area contributed by atoms with Gasteiger partial charge in [0.2, 0.25) is 0 Å². The lowest BCUT2D eigenvalue weighted by Gasteiger charge is -2.29. The third-order valence-corrected chi connectivity index (χ3v) is 7.02. The molecule has 7 nitrogen and oxygen atoms in total. The van der Waals surface area contributed by atoms with E-state index in [9.17, 15) is 13.2 Å². The van der Waals surface area contributed by atoms with Crippen LogP contribution in [0.15, 0.2) is 54.6 Å². The van der Waals surface area contributed by atoms with E-state index in [4.69, 9.17) is 4.74 Å². The Morgan fingerprint density at radius 2 is 1.83 bits per heavy atom. The second kappa shape index (κ2) is 9.95. The van der Waals surface area contributed by atoms with Gasteiger partial charge >= 0.3 is 6.03 Å². The molecule has 8 heteroatoms. The van der Waals surface area contributed by atoms with Crippen molar-refractivity contribution in [3.05, 3.63) is 60.2 Å².